The second-order valence-corrected chi connectivity index (χ2v) is 6.16. The summed E-state index contributed by atoms with van der Waals surface area (Å²) in [5.74, 6) is 0.546. The molecular weight excluding hydrogens is 325 g/mol. The fourth-order valence-corrected chi connectivity index (χ4v) is 3.09. The van der Waals surface area contributed by atoms with Crippen molar-refractivity contribution in [3.8, 4) is 0 Å². The SMILES string of the molecule is CCNC(=NCc1cn2ccsc2n1)NCCc1ccccc1F. The van der Waals surface area contributed by atoms with Crippen molar-refractivity contribution in [2.75, 3.05) is 13.1 Å². The number of thiazole rings is 1. The van der Waals surface area contributed by atoms with Crippen molar-refractivity contribution in [3.05, 3.63) is 59.1 Å². The predicted molar refractivity (Wildman–Crippen MR) is 96.0 cm³/mol. The first kappa shape index (κ1) is 16.4. The fourth-order valence-electron chi connectivity index (χ4n) is 2.37. The van der Waals surface area contributed by atoms with Crippen LogP contribution in [-0.4, -0.2) is 28.4 Å². The van der Waals surface area contributed by atoms with E-state index in [2.05, 4.69) is 20.6 Å². The first-order chi connectivity index (χ1) is 11.8. The molecule has 5 nitrogen and oxygen atoms in total. The lowest BCUT2D eigenvalue weighted by molar-refractivity contribution is 0.606. The van der Waals surface area contributed by atoms with E-state index in [9.17, 15) is 4.39 Å². The number of aromatic nitrogens is 2. The van der Waals surface area contributed by atoms with Gasteiger partial charge in [-0.05, 0) is 25.0 Å². The molecule has 0 saturated carbocycles. The molecule has 24 heavy (non-hydrogen) atoms. The molecular formula is C17H20FN5S. The summed E-state index contributed by atoms with van der Waals surface area (Å²) in [6.07, 6.45) is 4.58. The zero-order chi connectivity index (χ0) is 16.8. The summed E-state index contributed by atoms with van der Waals surface area (Å²) in [7, 11) is 0. The highest BCUT2D eigenvalue weighted by Gasteiger charge is 2.04. The van der Waals surface area contributed by atoms with Gasteiger partial charge in [0, 0.05) is 30.9 Å². The topological polar surface area (TPSA) is 53.7 Å². The summed E-state index contributed by atoms with van der Waals surface area (Å²) in [5, 5.41) is 8.43. The Morgan fingerprint density at radius 3 is 3.00 bits per heavy atom. The monoisotopic (exact) mass is 345 g/mol. The number of imidazole rings is 1. The van der Waals surface area contributed by atoms with Gasteiger partial charge in [0.15, 0.2) is 10.9 Å². The molecule has 126 valence electrons. The zero-order valence-corrected chi connectivity index (χ0v) is 14.3. The van der Waals surface area contributed by atoms with E-state index >= 15 is 0 Å². The molecule has 0 spiro atoms. The number of fused-ring (bicyclic) bond motifs is 1. The van der Waals surface area contributed by atoms with Crippen LogP contribution >= 0.6 is 11.3 Å². The molecule has 0 aliphatic rings. The number of nitrogens with zero attached hydrogens (tertiary/aromatic N) is 3. The molecule has 7 heteroatoms. The molecule has 2 N–H and O–H groups in total. The molecule has 0 atom stereocenters. The Morgan fingerprint density at radius 2 is 2.21 bits per heavy atom. The van der Waals surface area contributed by atoms with Crippen molar-refractivity contribution < 1.29 is 4.39 Å². The van der Waals surface area contributed by atoms with Crippen LogP contribution in [0.4, 0.5) is 4.39 Å². The van der Waals surface area contributed by atoms with Crippen LogP contribution in [0.1, 0.15) is 18.2 Å². The number of rotatable bonds is 6. The van der Waals surface area contributed by atoms with Crippen molar-refractivity contribution in [2.45, 2.75) is 19.9 Å². The van der Waals surface area contributed by atoms with Crippen LogP contribution < -0.4 is 10.6 Å². The first-order valence-electron chi connectivity index (χ1n) is 7.93. The highest BCUT2D eigenvalue weighted by molar-refractivity contribution is 7.15. The van der Waals surface area contributed by atoms with E-state index in [0.29, 0.717) is 31.0 Å². The minimum absolute atomic E-state index is 0.167. The molecule has 0 aliphatic carbocycles. The second kappa shape index (κ2) is 7.92. The average molecular weight is 345 g/mol. The largest absolute Gasteiger partial charge is 0.357 e. The van der Waals surface area contributed by atoms with Crippen LogP contribution in [0.15, 0.2) is 47.0 Å². The molecule has 0 amide bonds. The Kier molecular flexibility index (Phi) is 5.43. The number of aliphatic imine (C=N–C) groups is 1. The summed E-state index contributed by atoms with van der Waals surface area (Å²) >= 11 is 1.60. The van der Waals surface area contributed by atoms with E-state index in [1.807, 2.05) is 35.2 Å². The Balaban J connectivity index is 1.57. The molecule has 2 heterocycles. The standard InChI is InChI=1S/C17H20FN5S/c1-2-19-16(20-8-7-13-5-3-4-6-15(13)18)21-11-14-12-23-9-10-24-17(23)22-14/h3-6,9-10,12H,2,7-8,11H2,1H3,(H2,19,20,21). The molecule has 1 aromatic carbocycles. The Morgan fingerprint density at radius 1 is 1.33 bits per heavy atom. The molecule has 0 fully saturated rings. The molecule has 0 saturated heterocycles. The van der Waals surface area contributed by atoms with Gasteiger partial charge in [0.05, 0.1) is 12.2 Å². The maximum Gasteiger partial charge on any atom is 0.193 e. The third-order valence-electron chi connectivity index (χ3n) is 3.53. The van der Waals surface area contributed by atoms with Gasteiger partial charge in [0.2, 0.25) is 0 Å². The van der Waals surface area contributed by atoms with Crippen LogP contribution in [0.3, 0.4) is 0 Å². The maximum atomic E-state index is 13.6. The van der Waals surface area contributed by atoms with E-state index in [-0.39, 0.29) is 5.82 Å². The molecule has 3 aromatic rings. The van der Waals surface area contributed by atoms with Crippen molar-refractivity contribution in [1.82, 2.24) is 20.0 Å². The lowest BCUT2D eigenvalue weighted by Crippen LogP contribution is -2.38. The molecule has 0 radical (unpaired) electrons. The van der Waals surface area contributed by atoms with Crippen LogP contribution in [0.2, 0.25) is 0 Å². The summed E-state index contributed by atoms with van der Waals surface area (Å²) in [6.45, 7) is 3.90. The van der Waals surface area contributed by atoms with Crippen LogP contribution in [0.5, 0.6) is 0 Å². The van der Waals surface area contributed by atoms with Crippen molar-refractivity contribution >= 4 is 22.3 Å². The predicted octanol–water partition coefficient (Wildman–Crippen LogP) is 2.83. The van der Waals surface area contributed by atoms with E-state index < -0.39 is 0 Å². The van der Waals surface area contributed by atoms with Gasteiger partial charge in [0.25, 0.3) is 0 Å². The molecule has 3 rings (SSSR count). The number of nitrogens with one attached hydrogen (secondary N) is 2. The Labute approximate surface area is 144 Å². The maximum absolute atomic E-state index is 13.6. The normalized spacial score (nSPS) is 11.8. The summed E-state index contributed by atoms with van der Waals surface area (Å²) in [4.78, 5) is 10.0. The summed E-state index contributed by atoms with van der Waals surface area (Å²) in [6, 6.07) is 6.84. The number of guanidine groups is 1. The molecule has 0 unspecified atom stereocenters. The third-order valence-corrected chi connectivity index (χ3v) is 4.30. The smallest absolute Gasteiger partial charge is 0.193 e. The van der Waals surface area contributed by atoms with Crippen LogP contribution in [-0.2, 0) is 13.0 Å². The van der Waals surface area contributed by atoms with E-state index in [1.54, 1.807) is 23.5 Å². The number of hydrogen-bond acceptors (Lipinski definition) is 3. The van der Waals surface area contributed by atoms with Gasteiger partial charge in [0.1, 0.15) is 5.82 Å². The average Bonchev–Trinajstić information content (AvgIpc) is 3.16. The number of benzene rings is 1. The van der Waals surface area contributed by atoms with Gasteiger partial charge in [-0.3, -0.25) is 4.40 Å². The van der Waals surface area contributed by atoms with Gasteiger partial charge in [-0.25, -0.2) is 14.4 Å². The highest BCUT2D eigenvalue weighted by Crippen LogP contribution is 2.11. The fraction of sp³-hybridized carbons (Fsp3) is 0.294. The van der Waals surface area contributed by atoms with E-state index in [1.165, 1.54) is 6.07 Å². The molecule has 2 aromatic heterocycles. The molecule has 0 aliphatic heterocycles. The van der Waals surface area contributed by atoms with Gasteiger partial charge >= 0.3 is 0 Å². The Hall–Kier alpha value is -2.41. The summed E-state index contributed by atoms with van der Waals surface area (Å²) < 4.78 is 15.6. The Bertz CT molecular complexity index is 795. The van der Waals surface area contributed by atoms with E-state index in [0.717, 1.165) is 17.2 Å². The summed E-state index contributed by atoms with van der Waals surface area (Å²) in [5.41, 5.74) is 1.63. The number of halogens is 1. The van der Waals surface area contributed by atoms with E-state index in [4.69, 9.17) is 0 Å². The minimum atomic E-state index is -0.167. The lowest BCUT2D eigenvalue weighted by atomic mass is 10.1. The third kappa shape index (κ3) is 4.11. The van der Waals surface area contributed by atoms with Crippen molar-refractivity contribution in [2.24, 2.45) is 4.99 Å². The van der Waals surface area contributed by atoms with Crippen LogP contribution in [0.25, 0.3) is 4.96 Å². The lowest BCUT2D eigenvalue weighted by Gasteiger charge is -2.11. The van der Waals surface area contributed by atoms with Gasteiger partial charge < -0.3 is 10.6 Å². The van der Waals surface area contributed by atoms with Gasteiger partial charge in [-0.2, -0.15) is 0 Å². The quantitative estimate of drug-likeness (QED) is 0.534. The van der Waals surface area contributed by atoms with Gasteiger partial charge in [-0.15, -0.1) is 11.3 Å². The highest BCUT2D eigenvalue weighted by atomic mass is 32.1. The van der Waals surface area contributed by atoms with Crippen molar-refractivity contribution in [3.63, 3.8) is 0 Å². The minimum Gasteiger partial charge on any atom is -0.357 e. The van der Waals surface area contributed by atoms with Crippen molar-refractivity contribution in [1.29, 1.82) is 0 Å². The van der Waals surface area contributed by atoms with Gasteiger partial charge in [-0.1, -0.05) is 18.2 Å². The zero-order valence-electron chi connectivity index (χ0n) is 13.5. The van der Waals surface area contributed by atoms with Crippen LogP contribution in [0, 0.1) is 5.82 Å². The number of hydrogen-bond donors (Lipinski definition) is 2. The second-order valence-electron chi connectivity index (χ2n) is 5.29. The first-order valence-corrected chi connectivity index (χ1v) is 8.81. The molecule has 0 bridgehead atoms.